The zero-order valence-electron chi connectivity index (χ0n) is 15.5. The molecule has 28 heavy (non-hydrogen) atoms. The van der Waals surface area contributed by atoms with Gasteiger partial charge in [-0.05, 0) is 55.2 Å². The van der Waals surface area contributed by atoms with E-state index in [4.69, 9.17) is 4.74 Å². The van der Waals surface area contributed by atoms with Crippen molar-refractivity contribution in [1.29, 1.82) is 0 Å². The first kappa shape index (κ1) is 20.0. The number of nitrogens with one attached hydrogen (secondary N) is 2. The monoisotopic (exact) mass is 402 g/mol. The summed E-state index contributed by atoms with van der Waals surface area (Å²) in [5, 5.41) is 2.70. The summed E-state index contributed by atoms with van der Waals surface area (Å²) in [6.45, 7) is 1.89. The highest BCUT2D eigenvalue weighted by Gasteiger charge is 2.28. The van der Waals surface area contributed by atoms with E-state index in [1.807, 2.05) is 31.2 Å². The number of carbonyl (C=O) groups is 2. The Bertz CT molecular complexity index is 966. The van der Waals surface area contributed by atoms with Gasteiger partial charge < -0.3 is 10.1 Å². The van der Waals surface area contributed by atoms with Crippen LogP contribution < -0.4 is 10.0 Å². The highest BCUT2D eigenvalue weighted by Crippen LogP contribution is 2.22. The van der Waals surface area contributed by atoms with E-state index in [1.165, 1.54) is 24.3 Å². The summed E-state index contributed by atoms with van der Waals surface area (Å²) in [6.07, 6.45) is 1.69. The Morgan fingerprint density at radius 3 is 2.39 bits per heavy atom. The van der Waals surface area contributed by atoms with Gasteiger partial charge in [0.2, 0.25) is 10.0 Å². The van der Waals surface area contributed by atoms with Crippen molar-refractivity contribution >= 4 is 21.9 Å². The van der Waals surface area contributed by atoms with Crippen LogP contribution in [-0.4, -0.2) is 32.9 Å². The molecule has 2 aromatic carbocycles. The molecule has 0 bridgehead atoms. The minimum absolute atomic E-state index is 0.00725. The van der Waals surface area contributed by atoms with Gasteiger partial charge in [0.25, 0.3) is 5.91 Å². The van der Waals surface area contributed by atoms with Gasteiger partial charge in [-0.15, -0.1) is 0 Å². The van der Waals surface area contributed by atoms with Crippen LogP contribution in [0.2, 0.25) is 0 Å². The number of amides is 1. The Kier molecular flexibility index (Phi) is 6.11. The molecule has 0 heterocycles. The zero-order valence-corrected chi connectivity index (χ0v) is 16.3. The molecule has 1 amide bonds. The van der Waals surface area contributed by atoms with Crippen molar-refractivity contribution in [3.8, 4) is 0 Å². The SMILES string of the molecule is Cc1ccccc1CNC(=O)COC(=O)c1ccc(S(=O)(=O)NC2CC2)cc1. The maximum absolute atomic E-state index is 12.1. The summed E-state index contributed by atoms with van der Waals surface area (Å²) >= 11 is 0. The van der Waals surface area contributed by atoms with Crippen LogP contribution in [0.4, 0.5) is 0 Å². The Morgan fingerprint density at radius 1 is 1.07 bits per heavy atom. The van der Waals surface area contributed by atoms with Gasteiger partial charge in [0.05, 0.1) is 10.5 Å². The first-order valence-corrected chi connectivity index (χ1v) is 10.4. The molecule has 7 nitrogen and oxygen atoms in total. The lowest BCUT2D eigenvalue weighted by Crippen LogP contribution is -2.28. The molecule has 0 aromatic heterocycles. The molecule has 1 saturated carbocycles. The number of sulfonamides is 1. The van der Waals surface area contributed by atoms with Crippen LogP contribution in [0, 0.1) is 6.92 Å². The van der Waals surface area contributed by atoms with E-state index >= 15 is 0 Å². The Labute approximate surface area is 164 Å². The van der Waals surface area contributed by atoms with Crippen LogP contribution >= 0.6 is 0 Å². The van der Waals surface area contributed by atoms with E-state index in [1.54, 1.807) is 0 Å². The average Bonchev–Trinajstić information content (AvgIpc) is 3.49. The average molecular weight is 402 g/mol. The lowest BCUT2D eigenvalue weighted by molar-refractivity contribution is -0.124. The summed E-state index contributed by atoms with van der Waals surface area (Å²) in [5.41, 5.74) is 2.22. The smallest absolute Gasteiger partial charge is 0.338 e. The molecule has 0 atom stereocenters. The Balaban J connectivity index is 1.49. The van der Waals surface area contributed by atoms with Gasteiger partial charge in [-0.3, -0.25) is 4.79 Å². The maximum Gasteiger partial charge on any atom is 0.338 e. The molecular weight excluding hydrogens is 380 g/mol. The molecule has 1 aliphatic rings. The van der Waals surface area contributed by atoms with Gasteiger partial charge in [0.1, 0.15) is 0 Å². The molecule has 148 valence electrons. The summed E-state index contributed by atoms with van der Waals surface area (Å²) in [4.78, 5) is 24.0. The number of esters is 1. The second-order valence-electron chi connectivity index (χ2n) is 6.70. The Hall–Kier alpha value is -2.71. The van der Waals surface area contributed by atoms with Gasteiger partial charge in [0.15, 0.2) is 6.61 Å². The fraction of sp³-hybridized carbons (Fsp3) is 0.300. The number of hydrogen-bond acceptors (Lipinski definition) is 5. The number of carbonyl (C=O) groups excluding carboxylic acids is 2. The maximum atomic E-state index is 12.1. The molecular formula is C20H22N2O5S. The first-order valence-electron chi connectivity index (χ1n) is 8.96. The molecule has 0 aliphatic heterocycles. The number of aryl methyl sites for hydroxylation is 1. The summed E-state index contributed by atoms with van der Waals surface area (Å²) in [6, 6.07) is 13.1. The van der Waals surface area contributed by atoms with Gasteiger partial charge in [0, 0.05) is 12.6 Å². The molecule has 0 spiro atoms. The van der Waals surface area contributed by atoms with E-state index in [0.717, 1.165) is 24.0 Å². The van der Waals surface area contributed by atoms with Crippen LogP contribution in [0.1, 0.15) is 34.3 Å². The number of ether oxygens (including phenoxy) is 1. The third-order valence-electron chi connectivity index (χ3n) is 4.37. The second kappa shape index (κ2) is 8.53. The molecule has 2 aromatic rings. The van der Waals surface area contributed by atoms with E-state index in [0.29, 0.717) is 6.54 Å². The van der Waals surface area contributed by atoms with Crippen molar-refractivity contribution in [2.24, 2.45) is 0 Å². The first-order chi connectivity index (χ1) is 13.3. The summed E-state index contributed by atoms with van der Waals surface area (Å²) < 4.78 is 31.8. The van der Waals surface area contributed by atoms with E-state index < -0.39 is 28.5 Å². The summed E-state index contributed by atoms with van der Waals surface area (Å²) in [7, 11) is -3.57. The number of hydrogen-bond donors (Lipinski definition) is 2. The van der Waals surface area contributed by atoms with Crippen LogP contribution in [0.25, 0.3) is 0 Å². The molecule has 0 radical (unpaired) electrons. The number of benzene rings is 2. The largest absolute Gasteiger partial charge is 0.452 e. The quantitative estimate of drug-likeness (QED) is 0.657. The van der Waals surface area contributed by atoms with Crippen molar-refractivity contribution < 1.29 is 22.7 Å². The van der Waals surface area contributed by atoms with Crippen molar-refractivity contribution in [3.05, 3.63) is 65.2 Å². The molecule has 0 unspecified atom stereocenters. The fourth-order valence-corrected chi connectivity index (χ4v) is 3.83. The Morgan fingerprint density at radius 2 is 1.75 bits per heavy atom. The highest BCUT2D eigenvalue weighted by atomic mass is 32.2. The van der Waals surface area contributed by atoms with Crippen LogP contribution in [0.5, 0.6) is 0 Å². The van der Waals surface area contributed by atoms with E-state index in [9.17, 15) is 18.0 Å². The lowest BCUT2D eigenvalue weighted by Gasteiger charge is -2.09. The minimum Gasteiger partial charge on any atom is -0.452 e. The predicted octanol–water partition coefficient (Wildman–Crippen LogP) is 1.91. The topological polar surface area (TPSA) is 102 Å². The van der Waals surface area contributed by atoms with Crippen LogP contribution in [0.15, 0.2) is 53.4 Å². The van der Waals surface area contributed by atoms with Gasteiger partial charge in [-0.25, -0.2) is 17.9 Å². The van der Waals surface area contributed by atoms with Gasteiger partial charge in [-0.2, -0.15) is 0 Å². The summed E-state index contributed by atoms with van der Waals surface area (Å²) in [5.74, 6) is -1.10. The molecule has 0 saturated heterocycles. The highest BCUT2D eigenvalue weighted by molar-refractivity contribution is 7.89. The van der Waals surface area contributed by atoms with E-state index in [2.05, 4.69) is 10.0 Å². The van der Waals surface area contributed by atoms with Crippen molar-refractivity contribution in [2.45, 2.75) is 37.2 Å². The van der Waals surface area contributed by atoms with Crippen LogP contribution in [-0.2, 0) is 26.1 Å². The molecule has 1 aliphatic carbocycles. The molecule has 1 fully saturated rings. The predicted molar refractivity (Wildman–Crippen MR) is 103 cm³/mol. The fourth-order valence-electron chi connectivity index (χ4n) is 2.53. The normalized spacial score (nSPS) is 13.8. The van der Waals surface area contributed by atoms with Gasteiger partial charge >= 0.3 is 5.97 Å². The second-order valence-corrected chi connectivity index (χ2v) is 8.41. The van der Waals surface area contributed by atoms with Crippen molar-refractivity contribution in [2.75, 3.05) is 6.61 Å². The molecule has 2 N–H and O–H groups in total. The number of rotatable bonds is 8. The molecule has 3 rings (SSSR count). The van der Waals surface area contributed by atoms with Crippen molar-refractivity contribution in [3.63, 3.8) is 0 Å². The molecule has 8 heteroatoms. The minimum atomic E-state index is -3.57. The van der Waals surface area contributed by atoms with Gasteiger partial charge in [-0.1, -0.05) is 24.3 Å². The third-order valence-corrected chi connectivity index (χ3v) is 5.91. The zero-order chi connectivity index (χ0) is 20.1. The van der Waals surface area contributed by atoms with E-state index in [-0.39, 0.29) is 16.5 Å². The standard InChI is InChI=1S/C20H22N2O5S/c1-14-4-2-3-5-16(14)12-21-19(23)13-27-20(24)15-6-10-18(11-7-15)28(25,26)22-17-8-9-17/h2-7,10-11,17,22H,8-9,12-13H2,1H3,(H,21,23). The van der Waals surface area contributed by atoms with Crippen LogP contribution in [0.3, 0.4) is 0 Å². The lowest BCUT2D eigenvalue weighted by atomic mass is 10.1. The third kappa shape index (κ3) is 5.40. The van der Waals surface area contributed by atoms with Crippen molar-refractivity contribution in [1.82, 2.24) is 10.0 Å².